The minimum absolute atomic E-state index is 0.0857. The number of ether oxygens (including phenoxy) is 1. The first-order valence-electron chi connectivity index (χ1n) is 9.87. The number of urea groups is 1. The largest absolute Gasteiger partial charge is 0.381 e. The molecule has 2 N–H and O–H groups in total. The van der Waals surface area contributed by atoms with Crippen LogP contribution in [0.1, 0.15) is 29.5 Å². The fraction of sp³-hybridized carbons (Fsp3) is 0.429. The lowest BCUT2D eigenvalue weighted by molar-refractivity contribution is 0.0904. The molecule has 2 aliphatic heterocycles. The highest BCUT2D eigenvalue weighted by Crippen LogP contribution is 2.24. The van der Waals surface area contributed by atoms with Gasteiger partial charge in [-0.2, -0.15) is 0 Å². The predicted octanol–water partition coefficient (Wildman–Crippen LogP) is 4.25. The first-order chi connectivity index (χ1) is 14.1. The van der Waals surface area contributed by atoms with E-state index in [2.05, 4.69) is 21.7 Å². The molecule has 8 heteroatoms. The Morgan fingerprint density at radius 3 is 2.79 bits per heavy atom. The van der Waals surface area contributed by atoms with Crippen molar-refractivity contribution in [2.45, 2.75) is 38.4 Å². The van der Waals surface area contributed by atoms with Gasteiger partial charge in [0.2, 0.25) is 0 Å². The summed E-state index contributed by atoms with van der Waals surface area (Å²) < 4.78 is 5.41. The summed E-state index contributed by atoms with van der Waals surface area (Å²) in [6.45, 7) is 3.24. The molecule has 2 aromatic rings. The highest BCUT2D eigenvalue weighted by Gasteiger charge is 2.22. The number of anilines is 1. The van der Waals surface area contributed by atoms with Crippen LogP contribution >= 0.6 is 23.2 Å². The average molecular weight is 435 g/mol. The Balaban J connectivity index is 1.35. The van der Waals surface area contributed by atoms with Gasteiger partial charge in [0.05, 0.1) is 10.0 Å². The Labute approximate surface area is 180 Å². The van der Waals surface area contributed by atoms with Crippen LogP contribution in [0.15, 0.2) is 30.5 Å². The minimum atomic E-state index is -0.0857. The maximum atomic E-state index is 12.6. The summed E-state index contributed by atoms with van der Waals surface area (Å²) in [7, 11) is 0. The summed E-state index contributed by atoms with van der Waals surface area (Å²) in [5.41, 5.74) is 3.26. The summed E-state index contributed by atoms with van der Waals surface area (Å²) in [6, 6.07) is 7.75. The van der Waals surface area contributed by atoms with Crippen LogP contribution in [0.2, 0.25) is 10.0 Å². The van der Waals surface area contributed by atoms with Crippen LogP contribution in [0.5, 0.6) is 0 Å². The van der Waals surface area contributed by atoms with E-state index in [1.54, 1.807) is 12.1 Å². The number of carbonyl (C=O) groups excluding carboxylic acids is 1. The molecule has 6 nitrogen and oxygen atoms in total. The molecule has 0 aliphatic carbocycles. The van der Waals surface area contributed by atoms with Crippen molar-refractivity contribution in [3.63, 3.8) is 0 Å². The number of nitrogens with one attached hydrogen (secondary N) is 2. The molecule has 1 aromatic heterocycles. The van der Waals surface area contributed by atoms with Crippen LogP contribution in [0.3, 0.4) is 0 Å². The molecule has 0 radical (unpaired) electrons. The zero-order valence-corrected chi connectivity index (χ0v) is 17.6. The van der Waals surface area contributed by atoms with Crippen LogP contribution in [0.4, 0.5) is 10.6 Å². The van der Waals surface area contributed by atoms with Gasteiger partial charge < -0.3 is 20.3 Å². The van der Waals surface area contributed by atoms with Crippen molar-refractivity contribution in [1.82, 2.24) is 15.2 Å². The van der Waals surface area contributed by atoms with Gasteiger partial charge >= 0.3 is 6.03 Å². The number of rotatable bonds is 4. The van der Waals surface area contributed by atoms with Crippen molar-refractivity contribution in [2.75, 3.05) is 25.1 Å². The topological polar surface area (TPSA) is 66.5 Å². The number of nitrogens with zero attached hydrogens (tertiary/aromatic N) is 2. The van der Waals surface area contributed by atoms with Crippen molar-refractivity contribution >= 4 is 35.1 Å². The number of amides is 2. The molecule has 1 fully saturated rings. The number of aromatic nitrogens is 1. The Bertz CT molecular complexity index is 887. The smallest absolute Gasteiger partial charge is 0.317 e. The van der Waals surface area contributed by atoms with Gasteiger partial charge in [0.25, 0.3) is 0 Å². The number of fused-ring (bicyclic) bond motifs is 1. The minimum Gasteiger partial charge on any atom is -0.381 e. The number of carbonyl (C=O) groups is 1. The van der Waals surface area contributed by atoms with Crippen molar-refractivity contribution in [1.29, 1.82) is 0 Å². The third kappa shape index (κ3) is 5.13. The molecule has 4 rings (SSSR count). The zero-order valence-electron chi connectivity index (χ0n) is 16.1. The van der Waals surface area contributed by atoms with E-state index >= 15 is 0 Å². The lowest BCUT2D eigenvalue weighted by Crippen LogP contribution is -2.42. The number of halogens is 2. The Morgan fingerprint density at radius 1 is 1.17 bits per heavy atom. The number of pyridine rings is 1. The highest BCUT2D eigenvalue weighted by atomic mass is 35.5. The highest BCUT2D eigenvalue weighted by molar-refractivity contribution is 6.42. The second-order valence-corrected chi connectivity index (χ2v) is 8.26. The van der Waals surface area contributed by atoms with E-state index in [0.717, 1.165) is 49.4 Å². The van der Waals surface area contributed by atoms with Gasteiger partial charge in [-0.1, -0.05) is 29.3 Å². The molecule has 1 aromatic carbocycles. The van der Waals surface area contributed by atoms with Gasteiger partial charge in [-0.15, -0.1) is 0 Å². The van der Waals surface area contributed by atoms with Crippen LogP contribution in [0.25, 0.3) is 0 Å². The van der Waals surface area contributed by atoms with Crippen molar-refractivity contribution in [3.8, 4) is 0 Å². The molecule has 0 bridgehead atoms. The van der Waals surface area contributed by atoms with Crippen molar-refractivity contribution < 1.29 is 9.53 Å². The lowest BCUT2D eigenvalue weighted by Gasteiger charge is -2.30. The van der Waals surface area contributed by atoms with Gasteiger partial charge in [-0.25, -0.2) is 9.78 Å². The quantitative estimate of drug-likeness (QED) is 0.754. The summed E-state index contributed by atoms with van der Waals surface area (Å²) in [5, 5.41) is 7.46. The van der Waals surface area contributed by atoms with Crippen molar-refractivity contribution in [3.05, 3.63) is 57.2 Å². The second kappa shape index (κ2) is 9.20. The van der Waals surface area contributed by atoms with E-state index in [-0.39, 0.29) is 6.03 Å². The Kier molecular flexibility index (Phi) is 6.43. The van der Waals surface area contributed by atoms with E-state index in [1.807, 2.05) is 17.2 Å². The standard InChI is InChI=1S/C21H24Cl2N4O2/c22-18-2-1-14(9-19(18)23)11-25-21(28)27-6-3-15-12-24-20(10-16(15)13-27)26-17-4-7-29-8-5-17/h1-2,9-10,12,17H,3-8,11,13H2,(H,24,26)(H,25,28). The maximum Gasteiger partial charge on any atom is 0.317 e. The van der Waals surface area contributed by atoms with Crippen LogP contribution < -0.4 is 10.6 Å². The third-order valence-electron chi connectivity index (χ3n) is 5.38. The van der Waals surface area contributed by atoms with Gasteiger partial charge in [-0.05, 0) is 54.2 Å². The first-order valence-corrected chi connectivity index (χ1v) is 10.6. The fourth-order valence-corrected chi connectivity index (χ4v) is 4.00. The molecule has 29 heavy (non-hydrogen) atoms. The van der Waals surface area contributed by atoms with E-state index in [0.29, 0.717) is 35.7 Å². The van der Waals surface area contributed by atoms with E-state index in [9.17, 15) is 4.79 Å². The van der Waals surface area contributed by atoms with E-state index < -0.39 is 0 Å². The lowest BCUT2D eigenvalue weighted by atomic mass is 10.0. The van der Waals surface area contributed by atoms with Crippen LogP contribution in [-0.2, 0) is 24.2 Å². The second-order valence-electron chi connectivity index (χ2n) is 7.45. The van der Waals surface area contributed by atoms with Gasteiger partial charge in [0.1, 0.15) is 5.82 Å². The number of benzene rings is 1. The Hall–Kier alpha value is -2.02. The molecule has 3 heterocycles. The molecular formula is C21H24Cl2N4O2. The number of hydrogen-bond acceptors (Lipinski definition) is 4. The van der Waals surface area contributed by atoms with E-state index in [4.69, 9.17) is 27.9 Å². The zero-order chi connectivity index (χ0) is 20.2. The predicted molar refractivity (Wildman–Crippen MR) is 115 cm³/mol. The molecular weight excluding hydrogens is 411 g/mol. The number of hydrogen-bond donors (Lipinski definition) is 2. The molecule has 2 aliphatic rings. The monoisotopic (exact) mass is 434 g/mol. The average Bonchev–Trinajstić information content (AvgIpc) is 2.74. The van der Waals surface area contributed by atoms with E-state index in [1.165, 1.54) is 5.56 Å². The summed E-state index contributed by atoms with van der Waals surface area (Å²) in [5.74, 6) is 0.869. The SMILES string of the molecule is O=C(NCc1ccc(Cl)c(Cl)c1)N1CCc2cnc(NC3CCOCC3)cc2C1. The fourth-order valence-electron chi connectivity index (χ4n) is 3.68. The van der Waals surface area contributed by atoms with Gasteiger partial charge in [-0.3, -0.25) is 0 Å². The molecule has 154 valence electrons. The molecule has 0 spiro atoms. The molecule has 0 atom stereocenters. The van der Waals surface area contributed by atoms with Crippen molar-refractivity contribution in [2.24, 2.45) is 0 Å². The molecule has 0 saturated carbocycles. The molecule has 1 saturated heterocycles. The molecule has 2 amide bonds. The first kappa shape index (κ1) is 20.3. The summed E-state index contributed by atoms with van der Waals surface area (Å²) in [6.07, 6.45) is 4.71. The summed E-state index contributed by atoms with van der Waals surface area (Å²) >= 11 is 12.0. The normalized spacial score (nSPS) is 17.0. The van der Waals surface area contributed by atoms with Gasteiger partial charge in [0.15, 0.2) is 0 Å². The van der Waals surface area contributed by atoms with Crippen LogP contribution in [-0.4, -0.2) is 41.7 Å². The maximum absolute atomic E-state index is 12.6. The molecule has 0 unspecified atom stereocenters. The summed E-state index contributed by atoms with van der Waals surface area (Å²) in [4.78, 5) is 19.0. The third-order valence-corrected chi connectivity index (χ3v) is 6.12. The Morgan fingerprint density at radius 2 is 2.00 bits per heavy atom. The van der Waals surface area contributed by atoms with Crippen LogP contribution in [0, 0.1) is 0 Å². The van der Waals surface area contributed by atoms with Gasteiger partial charge in [0, 0.05) is 45.1 Å².